The van der Waals surface area contributed by atoms with Gasteiger partial charge in [0.2, 0.25) is 0 Å². The molecule has 0 saturated carbocycles. The van der Waals surface area contributed by atoms with E-state index in [4.69, 9.17) is 0 Å². The first kappa shape index (κ1) is 13.8. The number of hydrogen-bond acceptors (Lipinski definition) is 4. The lowest BCUT2D eigenvalue weighted by Crippen LogP contribution is -2.19. The van der Waals surface area contributed by atoms with Gasteiger partial charge in [-0.2, -0.15) is 0 Å². The number of nitrogens with zero attached hydrogens (tertiary/aromatic N) is 2. The van der Waals surface area contributed by atoms with Crippen molar-refractivity contribution in [2.45, 2.75) is 19.9 Å². The maximum Gasteiger partial charge on any atom is 0.259 e. The van der Waals surface area contributed by atoms with E-state index in [0.29, 0.717) is 6.54 Å². The van der Waals surface area contributed by atoms with Crippen LogP contribution >= 0.6 is 11.3 Å². The minimum Gasteiger partial charge on any atom is -0.370 e. The highest BCUT2D eigenvalue weighted by Crippen LogP contribution is 2.17. The number of nitrogens with one attached hydrogen (secondary N) is 1. The molecule has 0 saturated heterocycles. The molecule has 3 rings (SSSR count). The summed E-state index contributed by atoms with van der Waals surface area (Å²) in [7, 11) is 0. The number of rotatable bonds is 5. The second kappa shape index (κ2) is 6.10. The zero-order chi connectivity index (χ0) is 14.7. The predicted octanol–water partition coefficient (Wildman–Crippen LogP) is 3.33. The average Bonchev–Trinajstić information content (AvgIpc) is 2.98. The Kier molecular flexibility index (Phi) is 4.01. The van der Waals surface area contributed by atoms with Crippen LogP contribution in [0.3, 0.4) is 0 Å². The number of hydrogen-bond donors (Lipinski definition) is 1. The van der Waals surface area contributed by atoms with E-state index in [0.717, 1.165) is 34.4 Å². The molecular formula is C16H17N3OS. The fraction of sp³-hybridized carbons (Fsp3) is 0.250. The van der Waals surface area contributed by atoms with Crippen LogP contribution in [-0.4, -0.2) is 16.1 Å². The number of pyridine rings is 2. The topological polar surface area (TPSA) is 46.9 Å². The molecular weight excluding hydrogens is 282 g/mol. The van der Waals surface area contributed by atoms with Crippen molar-refractivity contribution >= 4 is 27.2 Å². The van der Waals surface area contributed by atoms with E-state index in [2.05, 4.69) is 17.2 Å². The number of aromatic nitrogens is 2. The highest BCUT2D eigenvalue weighted by atomic mass is 32.1. The molecule has 0 amide bonds. The lowest BCUT2D eigenvalue weighted by atomic mass is 10.2. The fourth-order valence-electron chi connectivity index (χ4n) is 2.25. The molecule has 4 nitrogen and oxygen atoms in total. The summed E-state index contributed by atoms with van der Waals surface area (Å²) >= 11 is 1.59. The van der Waals surface area contributed by atoms with Crippen LogP contribution in [-0.2, 0) is 6.54 Å². The Morgan fingerprint density at radius 3 is 3.10 bits per heavy atom. The summed E-state index contributed by atoms with van der Waals surface area (Å²) in [6, 6.07) is 7.83. The fourth-order valence-corrected chi connectivity index (χ4v) is 3.02. The van der Waals surface area contributed by atoms with Crippen LogP contribution in [0.5, 0.6) is 0 Å². The second-order valence-electron chi connectivity index (χ2n) is 4.92. The van der Waals surface area contributed by atoms with Crippen molar-refractivity contribution in [3.63, 3.8) is 0 Å². The molecule has 3 aromatic rings. The Labute approximate surface area is 127 Å². The van der Waals surface area contributed by atoms with Gasteiger partial charge in [-0.1, -0.05) is 6.92 Å². The van der Waals surface area contributed by atoms with Gasteiger partial charge in [-0.05, 0) is 41.6 Å². The Balaban J connectivity index is 1.88. The van der Waals surface area contributed by atoms with Crippen molar-refractivity contribution in [1.29, 1.82) is 0 Å². The Hall–Kier alpha value is -2.14. The minimum atomic E-state index is 0.0635. The van der Waals surface area contributed by atoms with E-state index in [1.54, 1.807) is 22.1 Å². The first-order valence-electron chi connectivity index (χ1n) is 7.03. The van der Waals surface area contributed by atoms with Crippen LogP contribution in [0.1, 0.15) is 18.9 Å². The van der Waals surface area contributed by atoms with Crippen LogP contribution in [0, 0.1) is 0 Å². The van der Waals surface area contributed by atoms with Crippen molar-refractivity contribution < 1.29 is 0 Å². The highest BCUT2D eigenvalue weighted by Gasteiger charge is 2.05. The molecule has 1 N–H and O–H groups in total. The van der Waals surface area contributed by atoms with Crippen molar-refractivity contribution in [2.24, 2.45) is 0 Å². The maximum atomic E-state index is 12.4. The van der Waals surface area contributed by atoms with Crippen molar-refractivity contribution in [3.8, 4) is 0 Å². The average molecular weight is 299 g/mol. The SMILES string of the molecule is CCCNc1cc(Cn2ccc3sccc3c2=O)ccn1. The zero-order valence-electron chi connectivity index (χ0n) is 11.9. The maximum absolute atomic E-state index is 12.4. The monoisotopic (exact) mass is 299 g/mol. The first-order chi connectivity index (χ1) is 10.3. The molecule has 0 aliphatic carbocycles. The third kappa shape index (κ3) is 2.97. The number of thiophene rings is 1. The summed E-state index contributed by atoms with van der Waals surface area (Å²) in [5.41, 5.74) is 1.13. The molecule has 0 aliphatic heterocycles. The summed E-state index contributed by atoms with van der Waals surface area (Å²) in [6.07, 6.45) is 4.70. The summed E-state index contributed by atoms with van der Waals surface area (Å²) in [4.78, 5) is 16.7. The van der Waals surface area contributed by atoms with E-state index in [1.807, 2.05) is 35.8 Å². The molecule has 3 aromatic heterocycles. The minimum absolute atomic E-state index is 0.0635. The lowest BCUT2D eigenvalue weighted by molar-refractivity contribution is 0.767. The zero-order valence-corrected chi connectivity index (χ0v) is 12.7. The molecule has 108 valence electrons. The predicted molar refractivity (Wildman–Crippen MR) is 88.2 cm³/mol. The first-order valence-corrected chi connectivity index (χ1v) is 7.91. The van der Waals surface area contributed by atoms with Crippen molar-refractivity contribution in [3.05, 3.63) is 58.0 Å². The van der Waals surface area contributed by atoms with Crippen LogP contribution in [0.2, 0.25) is 0 Å². The van der Waals surface area contributed by atoms with E-state index in [-0.39, 0.29) is 5.56 Å². The van der Waals surface area contributed by atoms with Crippen LogP contribution in [0.4, 0.5) is 5.82 Å². The van der Waals surface area contributed by atoms with Gasteiger partial charge in [0.05, 0.1) is 11.9 Å². The standard InChI is InChI=1S/C16H17N3OS/c1-2-6-17-15-10-12(3-7-18-15)11-19-8-4-14-13(16(19)20)5-9-21-14/h3-5,7-10H,2,6,11H2,1H3,(H,17,18). The Bertz CT molecular complexity index is 806. The molecule has 0 bridgehead atoms. The van der Waals surface area contributed by atoms with E-state index in [9.17, 15) is 4.79 Å². The van der Waals surface area contributed by atoms with Crippen molar-refractivity contribution in [1.82, 2.24) is 9.55 Å². The lowest BCUT2D eigenvalue weighted by Gasteiger charge is -2.08. The molecule has 0 radical (unpaired) electrons. The number of anilines is 1. The summed E-state index contributed by atoms with van der Waals surface area (Å²) in [6.45, 7) is 3.58. The van der Waals surface area contributed by atoms with Gasteiger partial charge in [0, 0.05) is 23.6 Å². The van der Waals surface area contributed by atoms with Crippen LogP contribution in [0.15, 0.2) is 46.8 Å². The molecule has 21 heavy (non-hydrogen) atoms. The third-order valence-corrected chi connectivity index (χ3v) is 4.21. The molecule has 5 heteroatoms. The molecule has 3 heterocycles. The smallest absolute Gasteiger partial charge is 0.259 e. The highest BCUT2D eigenvalue weighted by molar-refractivity contribution is 7.17. The van der Waals surface area contributed by atoms with Gasteiger partial charge < -0.3 is 9.88 Å². The van der Waals surface area contributed by atoms with Crippen LogP contribution in [0.25, 0.3) is 10.1 Å². The molecule has 0 atom stereocenters. The summed E-state index contributed by atoms with van der Waals surface area (Å²) in [5.74, 6) is 0.860. The van der Waals surface area contributed by atoms with Gasteiger partial charge in [-0.25, -0.2) is 4.98 Å². The third-order valence-electron chi connectivity index (χ3n) is 3.33. The van der Waals surface area contributed by atoms with Gasteiger partial charge in [0.15, 0.2) is 0 Å². The molecule has 0 unspecified atom stereocenters. The Morgan fingerprint density at radius 2 is 2.24 bits per heavy atom. The number of fused-ring (bicyclic) bond motifs is 1. The van der Waals surface area contributed by atoms with Gasteiger partial charge in [0.25, 0.3) is 5.56 Å². The van der Waals surface area contributed by atoms with Gasteiger partial charge >= 0.3 is 0 Å². The van der Waals surface area contributed by atoms with Gasteiger partial charge in [0.1, 0.15) is 5.82 Å². The molecule has 0 aliphatic rings. The largest absolute Gasteiger partial charge is 0.370 e. The van der Waals surface area contributed by atoms with E-state index >= 15 is 0 Å². The van der Waals surface area contributed by atoms with Crippen molar-refractivity contribution in [2.75, 3.05) is 11.9 Å². The van der Waals surface area contributed by atoms with Gasteiger partial charge in [-0.15, -0.1) is 11.3 Å². The summed E-state index contributed by atoms with van der Waals surface area (Å²) in [5, 5.41) is 6.01. The van der Waals surface area contributed by atoms with E-state index in [1.165, 1.54) is 0 Å². The van der Waals surface area contributed by atoms with Crippen LogP contribution < -0.4 is 10.9 Å². The second-order valence-corrected chi connectivity index (χ2v) is 5.87. The van der Waals surface area contributed by atoms with Gasteiger partial charge in [-0.3, -0.25) is 4.79 Å². The van der Waals surface area contributed by atoms with E-state index < -0.39 is 0 Å². The molecule has 0 fully saturated rings. The Morgan fingerprint density at radius 1 is 1.33 bits per heavy atom. The molecule has 0 spiro atoms. The normalized spacial score (nSPS) is 10.9. The molecule has 0 aromatic carbocycles. The summed E-state index contributed by atoms with van der Waals surface area (Å²) < 4.78 is 2.78. The quantitative estimate of drug-likeness (QED) is 0.786.